The minimum absolute atomic E-state index is 0.0777. The molecule has 2 aromatic heterocycles. The quantitative estimate of drug-likeness (QED) is 0.521. The van der Waals surface area contributed by atoms with Crippen LogP contribution in [-0.2, 0) is 6.61 Å². The van der Waals surface area contributed by atoms with Crippen molar-refractivity contribution in [3.8, 4) is 0 Å². The van der Waals surface area contributed by atoms with E-state index in [-0.39, 0.29) is 17.9 Å². The summed E-state index contributed by atoms with van der Waals surface area (Å²) in [7, 11) is 0. The van der Waals surface area contributed by atoms with Crippen LogP contribution in [0.1, 0.15) is 15.9 Å². The van der Waals surface area contributed by atoms with E-state index in [2.05, 4.69) is 10.3 Å². The Morgan fingerprint density at radius 2 is 2.00 bits per heavy atom. The number of anilines is 2. The fourth-order valence-corrected chi connectivity index (χ4v) is 3.36. The summed E-state index contributed by atoms with van der Waals surface area (Å²) in [4.78, 5) is 33.8. The highest BCUT2D eigenvalue weighted by molar-refractivity contribution is 7.16. The van der Waals surface area contributed by atoms with Crippen LogP contribution in [0.25, 0.3) is 10.2 Å². The molecule has 0 radical (unpaired) electrons. The van der Waals surface area contributed by atoms with Crippen LogP contribution in [0.4, 0.5) is 11.4 Å². The second-order valence-electron chi connectivity index (χ2n) is 5.99. The number of benzene rings is 2. The number of carbonyl (C=O) groups is 1. The van der Waals surface area contributed by atoms with Gasteiger partial charge in [-0.25, -0.2) is 9.78 Å². The van der Waals surface area contributed by atoms with Crippen LogP contribution in [0.3, 0.4) is 0 Å². The van der Waals surface area contributed by atoms with Crippen molar-refractivity contribution in [2.45, 2.75) is 6.61 Å². The molecule has 28 heavy (non-hydrogen) atoms. The van der Waals surface area contributed by atoms with Gasteiger partial charge in [-0.1, -0.05) is 30.3 Å². The number of hydrogen-bond donors (Lipinski definition) is 2. The summed E-state index contributed by atoms with van der Waals surface area (Å²) in [6.07, 6.45) is 1.18. The second kappa shape index (κ2) is 7.53. The van der Waals surface area contributed by atoms with E-state index >= 15 is 0 Å². The summed E-state index contributed by atoms with van der Waals surface area (Å²) in [5.41, 5.74) is 3.68. The van der Waals surface area contributed by atoms with Crippen LogP contribution in [0.2, 0.25) is 0 Å². The van der Waals surface area contributed by atoms with Crippen LogP contribution < -0.4 is 15.7 Å². The van der Waals surface area contributed by atoms with Crippen LogP contribution in [0, 0.1) is 0 Å². The molecule has 0 bridgehead atoms. The van der Waals surface area contributed by atoms with Crippen molar-refractivity contribution in [3.63, 3.8) is 0 Å². The van der Waals surface area contributed by atoms with Crippen molar-refractivity contribution >= 4 is 38.9 Å². The fourth-order valence-electron chi connectivity index (χ4n) is 2.70. The Morgan fingerprint density at radius 3 is 2.79 bits per heavy atom. The standard InChI is InChI=1S/C20H15N3O4S/c24-19-9-16(22-14-6-7-18-17(8-14)21-12-28-18)15(20(25)26)10-23(19)27-11-13-4-2-1-3-5-13/h1-10,12,22H,11H2,(H,25,26). The third-order valence-electron chi connectivity index (χ3n) is 4.07. The molecule has 2 aromatic carbocycles. The number of hydrogen-bond acceptors (Lipinski definition) is 6. The molecule has 2 N–H and O–H groups in total. The first-order valence-corrected chi connectivity index (χ1v) is 9.25. The van der Waals surface area contributed by atoms with E-state index in [1.807, 2.05) is 42.5 Å². The third-order valence-corrected chi connectivity index (χ3v) is 4.88. The largest absolute Gasteiger partial charge is 0.478 e. The molecule has 4 aromatic rings. The molecule has 0 unspecified atom stereocenters. The van der Waals surface area contributed by atoms with E-state index in [1.54, 1.807) is 11.6 Å². The predicted octanol–water partition coefficient (Wildman–Crippen LogP) is 3.53. The predicted molar refractivity (Wildman–Crippen MR) is 107 cm³/mol. The molecule has 7 nitrogen and oxygen atoms in total. The molecule has 0 aliphatic carbocycles. The number of aromatic nitrogens is 2. The Hall–Kier alpha value is -3.65. The van der Waals surface area contributed by atoms with Crippen LogP contribution >= 0.6 is 11.3 Å². The van der Waals surface area contributed by atoms with E-state index in [0.717, 1.165) is 20.5 Å². The number of carboxylic acid groups (broad SMARTS) is 1. The molecule has 140 valence electrons. The second-order valence-corrected chi connectivity index (χ2v) is 6.88. The Kier molecular flexibility index (Phi) is 4.77. The number of thiazole rings is 1. The Morgan fingerprint density at radius 1 is 1.18 bits per heavy atom. The van der Waals surface area contributed by atoms with Crippen LogP contribution in [-0.4, -0.2) is 20.8 Å². The van der Waals surface area contributed by atoms with Gasteiger partial charge in [-0.3, -0.25) is 4.79 Å². The number of rotatable bonds is 6. The van der Waals surface area contributed by atoms with E-state index in [0.29, 0.717) is 5.69 Å². The number of carboxylic acids is 1. The Bertz CT molecular complexity index is 1200. The minimum atomic E-state index is -1.17. The van der Waals surface area contributed by atoms with Gasteiger partial charge < -0.3 is 15.3 Å². The lowest BCUT2D eigenvalue weighted by atomic mass is 10.2. The summed E-state index contributed by atoms with van der Waals surface area (Å²) in [5, 5.41) is 12.6. The molecule has 0 fully saturated rings. The average molecular weight is 393 g/mol. The van der Waals surface area contributed by atoms with Crippen molar-refractivity contribution in [2.24, 2.45) is 0 Å². The SMILES string of the molecule is O=C(O)c1cn(OCc2ccccc2)c(=O)cc1Nc1ccc2scnc2c1. The third kappa shape index (κ3) is 3.72. The van der Waals surface area contributed by atoms with E-state index < -0.39 is 11.5 Å². The summed E-state index contributed by atoms with van der Waals surface area (Å²) < 4.78 is 1.96. The van der Waals surface area contributed by atoms with Crippen molar-refractivity contribution in [1.82, 2.24) is 9.71 Å². The first kappa shape index (κ1) is 17.7. The first-order valence-electron chi connectivity index (χ1n) is 8.37. The number of fused-ring (bicyclic) bond motifs is 1. The smallest absolute Gasteiger partial charge is 0.339 e. The normalized spacial score (nSPS) is 10.7. The Balaban J connectivity index is 1.62. The summed E-state index contributed by atoms with van der Waals surface area (Å²) >= 11 is 1.52. The van der Waals surface area contributed by atoms with Gasteiger partial charge in [0.1, 0.15) is 12.2 Å². The zero-order valence-corrected chi connectivity index (χ0v) is 15.3. The van der Waals surface area contributed by atoms with Gasteiger partial charge in [-0.05, 0) is 23.8 Å². The van der Waals surface area contributed by atoms with Gasteiger partial charge in [0.15, 0.2) is 0 Å². The first-order chi connectivity index (χ1) is 13.6. The monoisotopic (exact) mass is 393 g/mol. The van der Waals surface area contributed by atoms with Gasteiger partial charge >= 0.3 is 5.97 Å². The zero-order valence-electron chi connectivity index (χ0n) is 14.5. The molecule has 0 saturated heterocycles. The highest BCUT2D eigenvalue weighted by atomic mass is 32.1. The molecule has 8 heteroatoms. The number of nitrogens with zero attached hydrogens (tertiary/aromatic N) is 2. The molecule has 0 aliphatic rings. The van der Waals surface area contributed by atoms with Gasteiger partial charge in [-0.2, -0.15) is 4.73 Å². The number of nitrogens with one attached hydrogen (secondary N) is 1. The average Bonchev–Trinajstić information content (AvgIpc) is 3.16. The van der Waals surface area contributed by atoms with Gasteiger partial charge in [0, 0.05) is 11.8 Å². The number of aromatic carboxylic acids is 1. The fraction of sp³-hybridized carbons (Fsp3) is 0.0500. The zero-order chi connectivity index (χ0) is 19.5. The lowest BCUT2D eigenvalue weighted by Crippen LogP contribution is -2.27. The maximum Gasteiger partial charge on any atom is 0.339 e. The van der Waals surface area contributed by atoms with Crippen molar-refractivity contribution in [3.05, 3.63) is 87.8 Å². The topological polar surface area (TPSA) is 93.5 Å². The van der Waals surface area contributed by atoms with E-state index in [4.69, 9.17) is 4.84 Å². The molecule has 4 rings (SSSR count). The summed E-state index contributed by atoms with van der Waals surface area (Å²) in [6.45, 7) is 0.146. The van der Waals surface area contributed by atoms with Gasteiger partial charge in [0.05, 0.1) is 27.6 Å². The van der Waals surface area contributed by atoms with Crippen LogP contribution in [0.15, 0.2) is 71.1 Å². The van der Waals surface area contributed by atoms with Crippen molar-refractivity contribution < 1.29 is 14.7 Å². The number of pyridine rings is 1. The maximum atomic E-state index is 12.4. The molecular formula is C20H15N3O4S. The van der Waals surface area contributed by atoms with Gasteiger partial charge in [-0.15, -0.1) is 11.3 Å². The summed E-state index contributed by atoms with van der Waals surface area (Å²) in [6, 6.07) is 16.0. The van der Waals surface area contributed by atoms with E-state index in [1.165, 1.54) is 23.6 Å². The molecule has 2 heterocycles. The van der Waals surface area contributed by atoms with Crippen molar-refractivity contribution in [2.75, 3.05) is 5.32 Å². The highest BCUT2D eigenvalue weighted by Gasteiger charge is 2.15. The molecular weight excluding hydrogens is 378 g/mol. The summed E-state index contributed by atoms with van der Waals surface area (Å²) in [5.74, 6) is -1.17. The molecule has 0 amide bonds. The molecule has 0 saturated carbocycles. The van der Waals surface area contributed by atoms with Crippen LogP contribution in [0.5, 0.6) is 0 Å². The highest BCUT2D eigenvalue weighted by Crippen LogP contribution is 2.25. The van der Waals surface area contributed by atoms with Gasteiger partial charge in [0.25, 0.3) is 5.56 Å². The van der Waals surface area contributed by atoms with Crippen molar-refractivity contribution in [1.29, 1.82) is 0 Å². The maximum absolute atomic E-state index is 12.4. The lowest BCUT2D eigenvalue weighted by Gasteiger charge is -2.13. The van der Waals surface area contributed by atoms with Gasteiger partial charge in [0.2, 0.25) is 0 Å². The molecule has 0 atom stereocenters. The van der Waals surface area contributed by atoms with E-state index in [9.17, 15) is 14.7 Å². The molecule has 0 aliphatic heterocycles. The Labute approximate surface area is 163 Å². The molecule has 0 spiro atoms. The lowest BCUT2D eigenvalue weighted by molar-refractivity contribution is 0.0676. The minimum Gasteiger partial charge on any atom is -0.478 e.